The van der Waals surface area contributed by atoms with E-state index < -0.39 is 0 Å². The van der Waals surface area contributed by atoms with Crippen molar-refractivity contribution in [2.45, 2.75) is 31.7 Å². The van der Waals surface area contributed by atoms with Crippen LogP contribution in [0.15, 0.2) is 30.3 Å². The predicted octanol–water partition coefficient (Wildman–Crippen LogP) is 2.06. The molecule has 1 aliphatic carbocycles. The quantitative estimate of drug-likeness (QED) is 0.871. The van der Waals surface area contributed by atoms with Gasteiger partial charge in [0.1, 0.15) is 5.75 Å². The van der Waals surface area contributed by atoms with Crippen molar-refractivity contribution < 1.29 is 9.53 Å². The molecule has 21 heavy (non-hydrogen) atoms. The van der Waals surface area contributed by atoms with Gasteiger partial charge < -0.3 is 10.1 Å². The van der Waals surface area contributed by atoms with Gasteiger partial charge in [0, 0.05) is 6.04 Å². The predicted molar refractivity (Wildman–Crippen MR) is 82.3 cm³/mol. The molecule has 1 saturated heterocycles. The van der Waals surface area contributed by atoms with Gasteiger partial charge in [-0.1, -0.05) is 18.2 Å². The van der Waals surface area contributed by atoms with Gasteiger partial charge in [-0.3, -0.25) is 9.69 Å². The van der Waals surface area contributed by atoms with E-state index in [1.165, 1.54) is 0 Å². The highest BCUT2D eigenvalue weighted by Gasteiger charge is 2.25. The Kier molecular flexibility index (Phi) is 4.76. The smallest absolute Gasteiger partial charge is 0.234 e. The van der Waals surface area contributed by atoms with Gasteiger partial charge in [0.05, 0.1) is 13.2 Å². The van der Waals surface area contributed by atoms with Crippen LogP contribution in [0.1, 0.15) is 25.7 Å². The highest BCUT2D eigenvalue weighted by atomic mass is 16.5. The van der Waals surface area contributed by atoms with Gasteiger partial charge in [0.25, 0.3) is 0 Å². The summed E-state index contributed by atoms with van der Waals surface area (Å²) in [6.07, 6.45) is 4.54. The molecule has 0 unspecified atom stereocenters. The van der Waals surface area contributed by atoms with Crippen LogP contribution in [0.3, 0.4) is 0 Å². The summed E-state index contributed by atoms with van der Waals surface area (Å²) in [6, 6.07) is 10.5. The second-order valence-corrected chi connectivity index (χ2v) is 6.19. The Labute approximate surface area is 126 Å². The van der Waals surface area contributed by atoms with Crippen LogP contribution in [0.25, 0.3) is 0 Å². The van der Waals surface area contributed by atoms with Crippen LogP contribution in [0, 0.1) is 5.92 Å². The average molecular weight is 288 g/mol. The van der Waals surface area contributed by atoms with Gasteiger partial charge >= 0.3 is 0 Å². The fourth-order valence-corrected chi connectivity index (χ4v) is 2.75. The van der Waals surface area contributed by atoms with E-state index in [9.17, 15) is 4.79 Å². The minimum absolute atomic E-state index is 0.191. The maximum atomic E-state index is 11.8. The lowest BCUT2D eigenvalue weighted by atomic mass is 9.98. The first-order chi connectivity index (χ1) is 10.3. The lowest BCUT2D eigenvalue weighted by Crippen LogP contribution is -2.42. The molecule has 1 aromatic rings. The Morgan fingerprint density at radius 2 is 1.86 bits per heavy atom. The summed E-state index contributed by atoms with van der Waals surface area (Å²) in [5.74, 6) is 1.74. The zero-order chi connectivity index (χ0) is 14.5. The summed E-state index contributed by atoms with van der Waals surface area (Å²) >= 11 is 0. The molecule has 1 aliphatic heterocycles. The summed E-state index contributed by atoms with van der Waals surface area (Å²) in [6.45, 7) is 3.34. The van der Waals surface area contributed by atoms with Crippen molar-refractivity contribution in [2.24, 2.45) is 5.92 Å². The van der Waals surface area contributed by atoms with Gasteiger partial charge in [0.15, 0.2) is 0 Å². The molecule has 0 spiro atoms. The molecule has 1 amide bonds. The third-order valence-electron chi connectivity index (χ3n) is 4.25. The molecule has 0 bridgehead atoms. The van der Waals surface area contributed by atoms with E-state index in [1.807, 2.05) is 30.3 Å². The van der Waals surface area contributed by atoms with Crippen LogP contribution in [-0.2, 0) is 4.79 Å². The van der Waals surface area contributed by atoms with Crippen LogP contribution < -0.4 is 10.1 Å². The molecule has 2 fully saturated rings. The van der Waals surface area contributed by atoms with Crippen molar-refractivity contribution >= 4 is 5.91 Å². The number of hydrogen-bond acceptors (Lipinski definition) is 3. The number of piperidine rings is 1. The number of rotatable bonds is 6. The zero-order valence-corrected chi connectivity index (χ0v) is 12.5. The van der Waals surface area contributed by atoms with Crippen LogP contribution in [-0.4, -0.2) is 43.1 Å². The Balaban J connectivity index is 1.33. The molecule has 1 N–H and O–H groups in total. The van der Waals surface area contributed by atoms with Gasteiger partial charge in [0.2, 0.25) is 5.91 Å². The van der Waals surface area contributed by atoms with E-state index in [1.54, 1.807) is 0 Å². The maximum Gasteiger partial charge on any atom is 0.234 e. The second-order valence-electron chi connectivity index (χ2n) is 6.19. The van der Waals surface area contributed by atoms with Crippen molar-refractivity contribution in [3.8, 4) is 5.75 Å². The van der Waals surface area contributed by atoms with Gasteiger partial charge in [-0.25, -0.2) is 0 Å². The number of ether oxygens (including phenoxy) is 1. The Morgan fingerprint density at radius 3 is 2.52 bits per heavy atom. The number of likely N-dealkylation sites (tertiary alicyclic amines) is 1. The molecule has 114 valence electrons. The molecule has 0 atom stereocenters. The number of carbonyl (C=O) groups excluding carboxylic acids is 1. The van der Waals surface area contributed by atoms with Gasteiger partial charge in [-0.2, -0.15) is 0 Å². The van der Waals surface area contributed by atoms with E-state index in [0.717, 1.165) is 51.1 Å². The summed E-state index contributed by atoms with van der Waals surface area (Å²) in [5, 5.41) is 3.05. The lowest BCUT2D eigenvalue weighted by Gasteiger charge is -2.31. The zero-order valence-electron chi connectivity index (χ0n) is 12.5. The summed E-state index contributed by atoms with van der Waals surface area (Å²) in [7, 11) is 0. The van der Waals surface area contributed by atoms with Gasteiger partial charge in [-0.05, 0) is 56.8 Å². The molecule has 4 nitrogen and oxygen atoms in total. The number of benzene rings is 1. The first-order valence-electron chi connectivity index (χ1n) is 7.99. The van der Waals surface area contributed by atoms with Gasteiger partial charge in [-0.15, -0.1) is 0 Å². The van der Waals surface area contributed by atoms with Crippen LogP contribution in [0.4, 0.5) is 0 Å². The number of hydrogen-bond donors (Lipinski definition) is 1. The third kappa shape index (κ3) is 4.74. The van der Waals surface area contributed by atoms with Crippen molar-refractivity contribution in [1.82, 2.24) is 10.2 Å². The van der Waals surface area contributed by atoms with Crippen molar-refractivity contribution in [3.63, 3.8) is 0 Å². The molecule has 4 heteroatoms. The fourth-order valence-electron chi connectivity index (χ4n) is 2.75. The Hall–Kier alpha value is -1.55. The summed E-state index contributed by atoms with van der Waals surface area (Å²) < 4.78 is 5.82. The van der Waals surface area contributed by atoms with E-state index in [2.05, 4.69) is 10.2 Å². The molecule has 2 aliphatic rings. The highest BCUT2D eigenvalue weighted by molar-refractivity contribution is 5.78. The first kappa shape index (κ1) is 14.4. The van der Waals surface area contributed by atoms with Crippen LogP contribution in [0.2, 0.25) is 0 Å². The Morgan fingerprint density at radius 1 is 1.14 bits per heavy atom. The standard InChI is InChI=1S/C17H24N2O2/c20-17(18-15-6-7-15)12-19-10-8-14(9-11-19)13-21-16-4-2-1-3-5-16/h1-5,14-15H,6-13H2,(H,18,20). The minimum atomic E-state index is 0.191. The molecule has 0 aromatic heterocycles. The van der Waals surface area contributed by atoms with Crippen molar-refractivity contribution in [2.75, 3.05) is 26.2 Å². The first-order valence-corrected chi connectivity index (χ1v) is 7.99. The third-order valence-corrected chi connectivity index (χ3v) is 4.25. The number of nitrogens with zero attached hydrogens (tertiary/aromatic N) is 1. The maximum absolute atomic E-state index is 11.8. The normalized spacial score (nSPS) is 20.2. The molecular formula is C17H24N2O2. The largest absolute Gasteiger partial charge is 0.493 e. The number of carbonyl (C=O) groups is 1. The van der Waals surface area contributed by atoms with E-state index >= 15 is 0 Å². The SMILES string of the molecule is O=C(CN1CCC(COc2ccccc2)CC1)NC1CC1. The topological polar surface area (TPSA) is 41.6 Å². The molecule has 0 radical (unpaired) electrons. The molecule has 1 aromatic carbocycles. The minimum Gasteiger partial charge on any atom is -0.493 e. The number of nitrogens with one attached hydrogen (secondary N) is 1. The van der Waals surface area contributed by atoms with Crippen LogP contribution >= 0.6 is 0 Å². The summed E-state index contributed by atoms with van der Waals surface area (Å²) in [5.41, 5.74) is 0. The molecule has 1 heterocycles. The highest BCUT2D eigenvalue weighted by Crippen LogP contribution is 2.20. The molecule has 3 rings (SSSR count). The van der Waals surface area contributed by atoms with E-state index in [4.69, 9.17) is 4.74 Å². The second kappa shape index (κ2) is 6.94. The monoisotopic (exact) mass is 288 g/mol. The van der Waals surface area contributed by atoms with Crippen molar-refractivity contribution in [1.29, 1.82) is 0 Å². The van der Waals surface area contributed by atoms with Crippen LogP contribution in [0.5, 0.6) is 5.75 Å². The average Bonchev–Trinajstić information content (AvgIpc) is 3.31. The lowest BCUT2D eigenvalue weighted by molar-refractivity contribution is -0.122. The van der Waals surface area contributed by atoms with E-state index in [-0.39, 0.29) is 5.91 Å². The van der Waals surface area contributed by atoms with Crippen molar-refractivity contribution in [3.05, 3.63) is 30.3 Å². The molecule has 1 saturated carbocycles. The molecular weight excluding hydrogens is 264 g/mol. The fraction of sp³-hybridized carbons (Fsp3) is 0.588. The number of para-hydroxylation sites is 1. The Bertz CT molecular complexity index is 451. The number of amides is 1. The van der Waals surface area contributed by atoms with E-state index in [0.29, 0.717) is 18.5 Å². The summed E-state index contributed by atoms with van der Waals surface area (Å²) in [4.78, 5) is 14.0.